The maximum Gasteiger partial charge on any atom is 0.425 e. The summed E-state index contributed by atoms with van der Waals surface area (Å²) >= 11 is 0. The molecule has 106 valence electrons. The zero-order valence-electron chi connectivity index (χ0n) is 10.5. The van der Waals surface area contributed by atoms with Gasteiger partial charge in [0.05, 0.1) is 5.69 Å². The van der Waals surface area contributed by atoms with Gasteiger partial charge < -0.3 is 15.8 Å². The van der Waals surface area contributed by atoms with Gasteiger partial charge in [-0.05, 0) is 32.0 Å². The molecule has 1 atom stereocenters. The van der Waals surface area contributed by atoms with Crippen LogP contribution in [0.4, 0.5) is 18.9 Å². The quantitative estimate of drug-likeness (QED) is 0.830. The second-order valence-corrected chi connectivity index (χ2v) is 3.91. The number of nitrogens with two attached hydrogens (primary N) is 1. The Balaban J connectivity index is 2.95. The normalized spacial score (nSPS) is 12.9. The maximum atomic E-state index is 12.4. The van der Waals surface area contributed by atoms with Crippen LogP contribution < -0.4 is 15.8 Å². The molecule has 0 radical (unpaired) electrons. The molecule has 0 aliphatic rings. The highest BCUT2D eigenvalue weighted by Gasteiger charge is 2.38. The highest BCUT2D eigenvalue weighted by molar-refractivity contribution is 5.95. The van der Waals surface area contributed by atoms with E-state index in [2.05, 4.69) is 5.32 Å². The van der Waals surface area contributed by atoms with Crippen molar-refractivity contribution in [3.05, 3.63) is 23.8 Å². The van der Waals surface area contributed by atoms with E-state index in [0.717, 1.165) is 6.92 Å². The second-order valence-electron chi connectivity index (χ2n) is 3.91. The third-order valence-corrected chi connectivity index (χ3v) is 2.38. The zero-order valence-corrected chi connectivity index (χ0v) is 10.5. The van der Waals surface area contributed by atoms with Crippen LogP contribution in [0.25, 0.3) is 0 Å². The summed E-state index contributed by atoms with van der Waals surface area (Å²) in [6.45, 7) is 3.02. The fourth-order valence-electron chi connectivity index (χ4n) is 1.30. The molecule has 4 nitrogen and oxygen atoms in total. The van der Waals surface area contributed by atoms with Crippen molar-refractivity contribution >= 4 is 11.6 Å². The van der Waals surface area contributed by atoms with E-state index in [-0.39, 0.29) is 17.0 Å². The molecular weight excluding hydrogens is 261 g/mol. The number of carbonyl (C=O) groups excluding carboxylic acids is 1. The van der Waals surface area contributed by atoms with E-state index in [1.54, 1.807) is 6.92 Å². The molecule has 0 aliphatic carbocycles. The van der Waals surface area contributed by atoms with Crippen LogP contribution in [-0.2, 0) is 0 Å². The van der Waals surface area contributed by atoms with Gasteiger partial charge in [-0.3, -0.25) is 4.79 Å². The highest BCUT2D eigenvalue weighted by atomic mass is 19.4. The lowest BCUT2D eigenvalue weighted by molar-refractivity contribution is -0.189. The molecule has 0 bridgehead atoms. The molecular formula is C12H15F3N2O2. The minimum atomic E-state index is -4.49. The number of alkyl halides is 3. The SMILES string of the molecule is CCNC(=O)c1ccc(N)c(OC(C)C(F)(F)F)c1. The van der Waals surface area contributed by atoms with Gasteiger partial charge in [-0.25, -0.2) is 0 Å². The Morgan fingerprint density at radius 1 is 1.47 bits per heavy atom. The van der Waals surface area contributed by atoms with Crippen LogP contribution in [0.3, 0.4) is 0 Å². The molecule has 7 heteroatoms. The smallest absolute Gasteiger partial charge is 0.425 e. The van der Waals surface area contributed by atoms with Gasteiger partial charge >= 0.3 is 6.18 Å². The van der Waals surface area contributed by atoms with Crippen LogP contribution >= 0.6 is 0 Å². The van der Waals surface area contributed by atoms with Gasteiger partial charge in [0.1, 0.15) is 5.75 Å². The number of halogens is 3. The molecule has 0 aromatic heterocycles. The van der Waals surface area contributed by atoms with Crippen molar-refractivity contribution in [3.8, 4) is 5.75 Å². The number of hydrogen-bond acceptors (Lipinski definition) is 3. The van der Waals surface area contributed by atoms with E-state index >= 15 is 0 Å². The number of ether oxygens (including phenoxy) is 1. The van der Waals surface area contributed by atoms with Crippen molar-refractivity contribution in [2.45, 2.75) is 26.1 Å². The Bertz CT molecular complexity index is 461. The van der Waals surface area contributed by atoms with E-state index in [4.69, 9.17) is 10.5 Å². The Kier molecular flexibility index (Phi) is 4.63. The van der Waals surface area contributed by atoms with Gasteiger partial charge in [-0.2, -0.15) is 13.2 Å². The number of rotatable bonds is 4. The van der Waals surface area contributed by atoms with Crippen LogP contribution in [-0.4, -0.2) is 24.7 Å². The fourth-order valence-corrected chi connectivity index (χ4v) is 1.30. The number of anilines is 1. The van der Waals surface area contributed by atoms with Gasteiger partial charge in [0.25, 0.3) is 5.91 Å². The van der Waals surface area contributed by atoms with E-state index in [0.29, 0.717) is 6.54 Å². The first-order chi connectivity index (χ1) is 8.75. The molecule has 0 aliphatic heterocycles. The van der Waals surface area contributed by atoms with Gasteiger partial charge in [-0.1, -0.05) is 0 Å². The van der Waals surface area contributed by atoms with Crippen LogP contribution in [0.15, 0.2) is 18.2 Å². The van der Waals surface area contributed by atoms with Crippen molar-refractivity contribution in [1.82, 2.24) is 5.32 Å². The van der Waals surface area contributed by atoms with Crippen molar-refractivity contribution in [2.75, 3.05) is 12.3 Å². The first-order valence-electron chi connectivity index (χ1n) is 5.66. The minimum absolute atomic E-state index is 0.0455. The summed E-state index contributed by atoms with van der Waals surface area (Å²) in [4.78, 5) is 11.6. The van der Waals surface area contributed by atoms with Crippen LogP contribution in [0, 0.1) is 0 Å². The van der Waals surface area contributed by atoms with Gasteiger partial charge in [-0.15, -0.1) is 0 Å². The lowest BCUT2D eigenvalue weighted by Crippen LogP contribution is -2.31. The van der Waals surface area contributed by atoms with Crippen molar-refractivity contribution in [2.24, 2.45) is 0 Å². The number of nitrogen functional groups attached to an aromatic ring is 1. The average Bonchev–Trinajstić information content (AvgIpc) is 2.30. The molecule has 19 heavy (non-hydrogen) atoms. The predicted octanol–water partition coefficient (Wildman–Crippen LogP) is 2.35. The standard InChI is InChI=1S/C12H15F3N2O2/c1-3-17-11(18)8-4-5-9(16)10(6-8)19-7(2)12(13,14)15/h4-7H,3,16H2,1-2H3,(H,17,18). The number of amides is 1. The summed E-state index contributed by atoms with van der Waals surface area (Å²) in [5.74, 6) is -0.555. The molecule has 0 heterocycles. The maximum absolute atomic E-state index is 12.4. The van der Waals surface area contributed by atoms with Crippen molar-refractivity contribution in [3.63, 3.8) is 0 Å². The molecule has 0 spiro atoms. The molecule has 0 fully saturated rings. The molecule has 0 saturated carbocycles. The zero-order chi connectivity index (χ0) is 14.6. The summed E-state index contributed by atoms with van der Waals surface area (Å²) in [7, 11) is 0. The topological polar surface area (TPSA) is 64.4 Å². The third kappa shape index (κ3) is 4.04. The lowest BCUT2D eigenvalue weighted by Gasteiger charge is -2.19. The summed E-state index contributed by atoms with van der Waals surface area (Å²) in [5, 5.41) is 2.53. The summed E-state index contributed by atoms with van der Waals surface area (Å²) in [6, 6.07) is 3.96. The molecule has 0 saturated heterocycles. The third-order valence-electron chi connectivity index (χ3n) is 2.38. The lowest BCUT2D eigenvalue weighted by atomic mass is 10.1. The highest BCUT2D eigenvalue weighted by Crippen LogP contribution is 2.29. The Morgan fingerprint density at radius 2 is 2.11 bits per heavy atom. The molecule has 1 rings (SSSR count). The number of nitrogens with one attached hydrogen (secondary N) is 1. The average molecular weight is 276 g/mol. The Labute approximate surface area is 108 Å². The largest absolute Gasteiger partial charge is 0.479 e. The van der Waals surface area contributed by atoms with Gasteiger partial charge in [0, 0.05) is 12.1 Å². The predicted molar refractivity (Wildman–Crippen MR) is 65.0 cm³/mol. The fraction of sp³-hybridized carbons (Fsp3) is 0.417. The molecule has 3 N–H and O–H groups in total. The summed E-state index contributed by atoms with van der Waals surface area (Å²) in [6.07, 6.45) is -6.49. The first-order valence-corrected chi connectivity index (χ1v) is 5.66. The monoisotopic (exact) mass is 276 g/mol. The minimum Gasteiger partial charge on any atom is -0.479 e. The van der Waals surface area contributed by atoms with Gasteiger partial charge in [0.15, 0.2) is 6.10 Å². The Morgan fingerprint density at radius 3 is 2.63 bits per heavy atom. The molecule has 1 aromatic carbocycles. The molecule has 1 aromatic rings. The van der Waals surface area contributed by atoms with E-state index < -0.39 is 18.2 Å². The van der Waals surface area contributed by atoms with Crippen molar-refractivity contribution in [1.29, 1.82) is 0 Å². The van der Waals surface area contributed by atoms with Crippen LogP contribution in [0.5, 0.6) is 5.75 Å². The molecule has 1 unspecified atom stereocenters. The number of hydrogen-bond donors (Lipinski definition) is 2. The van der Waals surface area contributed by atoms with E-state index in [1.807, 2.05) is 0 Å². The second kappa shape index (κ2) is 5.81. The van der Waals surface area contributed by atoms with E-state index in [1.165, 1.54) is 18.2 Å². The number of benzene rings is 1. The Hall–Kier alpha value is -1.92. The first kappa shape index (κ1) is 15.1. The van der Waals surface area contributed by atoms with E-state index in [9.17, 15) is 18.0 Å². The van der Waals surface area contributed by atoms with Crippen molar-refractivity contribution < 1.29 is 22.7 Å². The summed E-state index contributed by atoms with van der Waals surface area (Å²) < 4.78 is 42.0. The van der Waals surface area contributed by atoms with Gasteiger partial charge in [0.2, 0.25) is 0 Å². The van der Waals surface area contributed by atoms with Crippen LogP contribution in [0.2, 0.25) is 0 Å². The number of carbonyl (C=O) groups is 1. The summed E-state index contributed by atoms with van der Waals surface area (Å²) in [5.41, 5.74) is 5.77. The van der Waals surface area contributed by atoms with Crippen LogP contribution in [0.1, 0.15) is 24.2 Å². The molecule has 1 amide bonds.